The molecule has 0 bridgehead atoms. The van der Waals surface area contributed by atoms with Crippen LogP contribution in [0.5, 0.6) is 0 Å². The molecule has 1 aliphatic heterocycles. The van der Waals surface area contributed by atoms with Crippen LogP contribution in [0.3, 0.4) is 0 Å². The minimum atomic E-state index is -0.0987. The third kappa shape index (κ3) is 3.85. The van der Waals surface area contributed by atoms with Crippen molar-refractivity contribution in [3.63, 3.8) is 0 Å². The highest BCUT2D eigenvalue weighted by molar-refractivity contribution is 8.18. The smallest absolute Gasteiger partial charge is 0.264 e. The number of hydrogen-bond donors (Lipinski definition) is 1. The number of rotatable bonds is 3. The van der Waals surface area contributed by atoms with Gasteiger partial charge >= 0.3 is 0 Å². The van der Waals surface area contributed by atoms with E-state index in [1.165, 1.54) is 48.8 Å². The molecule has 1 aromatic carbocycles. The molecule has 1 amide bonds. The summed E-state index contributed by atoms with van der Waals surface area (Å²) in [5.41, 5.74) is 4.39. The Balaban J connectivity index is 1.58. The maximum absolute atomic E-state index is 12.4. The fourth-order valence-corrected chi connectivity index (χ4v) is 4.89. The average Bonchev–Trinajstić information content (AvgIpc) is 3.32. The number of halogens is 1. The van der Waals surface area contributed by atoms with Crippen LogP contribution >= 0.6 is 23.4 Å². The van der Waals surface area contributed by atoms with Crippen molar-refractivity contribution in [3.05, 3.63) is 57.2 Å². The lowest BCUT2D eigenvalue weighted by molar-refractivity contribution is -0.115. The molecule has 1 saturated carbocycles. The largest absolute Gasteiger partial charge is 0.346 e. The van der Waals surface area contributed by atoms with E-state index in [1.807, 2.05) is 18.2 Å². The van der Waals surface area contributed by atoms with Gasteiger partial charge in [-0.15, -0.1) is 0 Å². The Labute approximate surface area is 168 Å². The minimum Gasteiger partial charge on any atom is -0.346 e. The molecule has 0 atom stereocenters. The van der Waals surface area contributed by atoms with Crippen molar-refractivity contribution in [1.82, 2.24) is 9.88 Å². The zero-order valence-corrected chi connectivity index (χ0v) is 17.0. The van der Waals surface area contributed by atoms with Crippen molar-refractivity contribution >= 4 is 46.2 Å². The van der Waals surface area contributed by atoms with Gasteiger partial charge < -0.3 is 9.88 Å². The molecular formula is C21H22ClN3OS. The van der Waals surface area contributed by atoms with E-state index in [4.69, 9.17) is 11.6 Å². The summed E-state index contributed by atoms with van der Waals surface area (Å²) in [6.45, 7) is 4.31. The van der Waals surface area contributed by atoms with Crippen molar-refractivity contribution in [2.45, 2.75) is 45.6 Å². The molecule has 1 aliphatic carbocycles. The maximum Gasteiger partial charge on any atom is 0.264 e. The highest BCUT2D eigenvalue weighted by atomic mass is 35.5. The van der Waals surface area contributed by atoms with Gasteiger partial charge in [0.2, 0.25) is 0 Å². The lowest BCUT2D eigenvalue weighted by atomic mass is 10.2. The third-order valence-corrected chi connectivity index (χ3v) is 6.37. The van der Waals surface area contributed by atoms with E-state index in [2.05, 4.69) is 34.8 Å². The molecule has 6 heteroatoms. The predicted octanol–water partition coefficient (Wildman–Crippen LogP) is 5.77. The summed E-state index contributed by atoms with van der Waals surface area (Å²) in [7, 11) is 0. The van der Waals surface area contributed by atoms with Gasteiger partial charge in [0, 0.05) is 22.5 Å². The monoisotopic (exact) mass is 399 g/mol. The van der Waals surface area contributed by atoms with Crippen LogP contribution in [-0.4, -0.2) is 15.6 Å². The van der Waals surface area contributed by atoms with Gasteiger partial charge in [0.1, 0.15) is 0 Å². The van der Waals surface area contributed by atoms with Crippen molar-refractivity contribution in [3.8, 4) is 0 Å². The molecule has 1 N–H and O–H groups in total. The standard InChI is InChI=1S/C21H22ClN3OS/c1-13-11-15(14(2)25(13)18-5-3-4-6-18)12-19-20(26)24-21(27-19)23-17-9-7-16(22)8-10-17/h7-12,18H,3-6H2,1-2H3,(H,23,24,26)/b19-12-. The second kappa shape index (κ2) is 7.56. The number of carbonyl (C=O) groups excluding carboxylic acids is 1. The highest BCUT2D eigenvalue weighted by Gasteiger charge is 2.25. The quantitative estimate of drug-likeness (QED) is 0.666. The number of aliphatic imine (C=N–C) groups is 1. The maximum atomic E-state index is 12.4. The number of amidine groups is 1. The van der Waals surface area contributed by atoms with Gasteiger partial charge in [0.05, 0.1) is 10.6 Å². The van der Waals surface area contributed by atoms with E-state index in [9.17, 15) is 4.79 Å². The first-order valence-corrected chi connectivity index (χ1v) is 10.4. The summed E-state index contributed by atoms with van der Waals surface area (Å²) in [5, 5.41) is 4.11. The van der Waals surface area contributed by atoms with Gasteiger partial charge in [-0.05, 0) is 80.4 Å². The zero-order valence-electron chi connectivity index (χ0n) is 15.5. The van der Waals surface area contributed by atoms with Crippen molar-refractivity contribution in [1.29, 1.82) is 0 Å². The van der Waals surface area contributed by atoms with Crippen LogP contribution in [0.4, 0.5) is 5.69 Å². The fourth-order valence-electron chi connectivity index (χ4n) is 3.93. The molecule has 27 heavy (non-hydrogen) atoms. The van der Waals surface area contributed by atoms with Crippen molar-refractivity contribution in [2.75, 3.05) is 0 Å². The summed E-state index contributed by atoms with van der Waals surface area (Å²) < 4.78 is 2.44. The van der Waals surface area contributed by atoms with Crippen LogP contribution in [0.1, 0.15) is 48.7 Å². The number of nitrogens with zero attached hydrogens (tertiary/aromatic N) is 2. The molecule has 140 valence electrons. The normalized spacial score (nSPS) is 20.8. The number of thioether (sulfide) groups is 1. The molecule has 0 spiro atoms. The van der Waals surface area contributed by atoms with Gasteiger partial charge in [-0.1, -0.05) is 24.4 Å². The summed E-state index contributed by atoms with van der Waals surface area (Å²) in [6.07, 6.45) is 7.10. The molecule has 1 saturated heterocycles. The molecule has 2 fully saturated rings. The van der Waals surface area contributed by atoms with Crippen molar-refractivity contribution < 1.29 is 4.79 Å². The molecule has 0 unspecified atom stereocenters. The van der Waals surface area contributed by atoms with Gasteiger partial charge in [-0.3, -0.25) is 4.79 Å². The zero-order chi connectivity index (χ0) is 19.0. The Morgan fingerprint density at radius 3 is 2.63 bits per heavy atom. The highest BCUT2D eigenvalue weighted by Crippen LogP contribution is 2.35. The molecule has 4 rings (SSSR count). The number of aryl methyl sites for hydroxylation is 1. The summed E-state index contributed by atoms with van der Waals surface area (Å²) in [4.78, 5) is 17.6. The predicted molar refractivity (Wildman–Crippen MR) is 114 cm³/mol. The first kappa shape index (κ1) is 18.4. The lowest BCUT2D eigenvalue weighted by Crippen LogP contribution is -2.19. The number of benzene rings is 1. The molecule has 4 nitrogen and oxygen atoms in total. The van der Waals surface area contributed by atoms with Gasteiger partial charge in [-0.25, -0.2) is 4.99 Å². The first-order valence-electron chi connectivity index (χ1n) is 9.25. The Kier molecular flexibility index (Phi) is 5.15. The Hall–Kier alpha value is -1.98. The molecule has 2 aliphatic rings. The van der Waals surface area contributed by atoms with Gasteiger partial charge in [0.25, 0.3) is 5.91 Å². The lowest BCUT2D eigenvalue weighted by Gasteiger charge is -2.17. The number of amides is 1. The van der Waals surface area contributed by atoms with Crippen LogP contribution in [0.25, 0.3) is 6.08 Å². The number of hydrogen-bond acceptors (Lipinski definition) is 3. The van der Waals surface area contributed by atoms with Crippen LogP contribution in [0.15, 0.2) is 40.2 Å². The fraction of sp³-hybridized carbons (Fsp3) is 0.333. The van der Waals surface area contributed by atoms with E-state index in [0.29, 0.717) is 21.1 Å². The van der Waals surface area contributed by atoms with Gasteiger partial charge in [-0.2, -0.15) is 0 Å². The second-order valence-electron chi connectivity index (χ2n) is 7.09. The van der Waals surface area contributed by atoms with E-state index in [-0.39, 0.29) is 5.91 Å². The molecule has 2 heterocycles. The molecular weight excluding hydrogens is 378 g/mol. The Morgan fingerprint density at radius 2 is 1.93 bits per heavy atom. The van der Waals surface area contributed by atoms with E-state index >= 15 is 0 Å². The SMILES string of the molecule is Cc1cc(/C=C2\SC(=Nc3ccc(Cl)cc3)NC2=O)c(C)n1C1CCCC1. The number of aromatic nitrogens is 1. The summed E-state index contributed by atoms with van der Waals surface area (Å²) in [5.74, 6) is -0.0987. The molecule has 2 aromatic rings. The average molecular weight is 400 g/mol. The molecule has 0 radical (unpaired) electrons. The third-order valence-electron chi connectivity index (χ3n) is 5.21. The minimum absolute atomic E-state index is 0.0987. The van der Waals surface area contributed by atoms with Crippen LogP contribution < -0.4 is 5.32 Å². The van der Waals surface area contributed by atoms with Crippen LogP contribution in [0, 0.1) is 13.8 Å². The Bertz CT molecular complexity index is 937. The van der Waals surface area contributed by atoms with E-state index < -0.39 is 0 Å². The topological polar surface area (TPSA) is 46.4 Å². The summed E-state index contributed by atoms with van der Waals surface area (Å²) >= 11 is 7.28. The Morgan fingerprint density at radius 1 is 1.22 bits per heavy atom. The van der Waals surface area contributed by atoms with E-state index in [0.717, 1.165) is 11.3 Å². The second-order valence-corrected chi connectivity index (χ2v) is 8.56. The molecule has 1 aromatic heterocycles. The van der Waals surface area contributed by atoms with Gasteiger partial charge in [0.15, 0.2) is 5.17 Å². The van der Waals surface area contributed by atoms with E-state index in [1.54, 1.807) is 12.1 Å². The first-order chi connectivity index (χ1) is 13.0. The van der Waals surface area contributed by atoms with Crippen LogP contribution in [-0.2, 0) is 4.79 Å². The van der Waals surface area contributed by atoms with Crippen LogP contribution in [0.2, 0.25) is 5.02 Å². The number of carbonyl (C=O) groups is 1. The number of nitrogens with one attached hydrogen (secondary N) is 1. The summed E-state index contributed by atoms with van der Waals surface area (Å²) in [6, 6.07) is 10.0. The van der Waals surface area contributed by atoms with Crippen molar-refractivity contribution in [2.24, 2.45) is 4.99 Å².